The smallest absolute Gasteiger partial charge is 0.330 e. The van der Waals surface area contributed by atoms with Crippen LogP contribution in [0.4, 0.5) is 0 Å². The summed E-state index contributed by atoms with van der Waals surface area (Å²) in [6, 6.07) is -0.464. The molecule has 0 N–H and O–H groups in total. The maximum Gasteiger partial charge on any atom is 0.330 e. The largest absolute Gasteiger partial charge is 0.463 e. The number of amides is 2. The third-order valence-corrected chi connectivity index (χ3v) is 4.17. The van der Waals surface area contributed by atoms with Crippen molar-refractivity contribution in [2.75, 3.05) is 26.3 Å². The van der Waals surface area contributed by atoms with Crippen molar-refractivity contribution in [1.29, 1.82) is 0 Å². The lowest BCUT2D eigenvalue weighted by atomic mass is 10.1. The third-order valence-electron chi connectivity index (χ3n) is 4.17. The van der Waals surface area contributed by atoms with E-state index in [4.69, 9.17) is 9.47 Å². The van der Waals surface area contributed by atoms with E-state index >= 15 is 0 Å². The highest BCUT2D eigenvalue weighted by Crippen LogP contribution is 2.16. The summed E-state index contributed by atoms with van der Waals surface area (Å²) in [6.07, 6.45) is 6.06. The van der Waals surface area contributed by atoms with Gasteiger partial charge in [0.2, 0.25) is 11.8 Å². The molecule has 0 aromatic rings. The fraction of sp³-hybridized carbons (Fsp3) is 0.600. The minimum atomic E-state index is -0.551. The van der Waals surface area contributed by atoms with Gasteiger partial charge in [-0.2, -0.15) is 0 Å². The van der Waals surface area contributed by atoms with E-state index in [1.54, 1.807) is 9.80 Å². The van der Waals surface area contributed by atoms with Crippen LogP contribution in [-0.2, 0) is 28.7 Å². The number of ether oxygens (including phenoxy) is 2. The molecule has 2 unspecified atom stereocenters. The molecule has 1 fully saturated rings. The summed E-state index contributed by atoms with van der Waals surface area (Å²) in [6.45, 7) is 8.70. The number of hydrogen-bond acceptors (Lipinski definition) is 6. The van der Waals surface area contributed by atoms with E-state index in [1.807, 2.05) is 27.7 Å². The van der Waals surface area contributed by atoms with Gasteiger partial charge >= 0.3 is 11.9 Å². The first-order valence-electron chi connectivity index (χ1n) is 9.60. The Balaban J connectivity index is 2.63. The van der Waals surface area contributed by atoms with E-state index in [-0.39, 0.29) is 23.9 Å². The van der Waals surface area contributed by atoms with Gasteiger partial charge in [-0.1, -0.05) is 13.8 Å². The van der Waals surface area contributed by atoms with Crippen molar-refractivity contribution < 1.29 is 28.7 Å². The van der Waals surface area contributed by atoms with Gasteiger partial charge in [0.05, 0.1) is 13.2 Å². The molecule has 28 heavy (non-hydrogen) atoms. The molecule has 1 aliphatic rings. The van der Waals surface area contributed by atoms with Crippen LogP contribution >= 0.6 is 0 Å². The average molecular weight is 394 g/mol. The fourth-order valence-corrected chi connectivity index (χ4v) is 2.71. The Labute approximate surface area is 166 Å². The molecule has 2 amide bonds. The number of piperazine rings is 1. The van der Waals surface area contributed by atoms with Crippen LogP contribution < -0.4 is 0 Å². The minimum absolute atomic E-state index is 0.232. The predicted octanol–water partition coefficient (Wildman–Crippen LogP) is 1.45. The summed E-state index contributed by atoms with van der Waals surface area (Å²) in [5, 5.41) is 0. The van der Waals surface area contributed by atoms with Crippen molar-refractivity contribution >= 4 is 23.8 Å². The number of esters is 2. The zero-order valence-corrected chi connectivity index (χ0v) is 17.1. The molecule has 0 aromatic heterocycles. The number of carbonyl (C=O) groups is 4. The zero-order valence-electron chi connectivity index (χ0n) is 17.1. The molecular weight excluding hydrogens is 364 g/mol. The molecule has 0 aliphatic carbocycles. The van der Waals surface area contributed by atoms with Crippen molar-refractivity contribution in [3.63, 3.8) is 0 Å². The SMILES string of the molecule is CCCOC(=O)/C=C/C(=O)N1CC(C)N(C(=O)/C=C/C(=O)OCCC)CC1C. The van der Waals surface area contributed by atoms with Crippen molar-refractivity contribution in [2.24, 2.45) is 0 Å². The van der Waals surface area contributed by atoms with Gasteiger partial charge in [0.25, 0.3) is 0 Å². The first-order chi connectivity index (χ1) is 13.3. The summed E-state index contributed by atoms with van der Waals surface area (Å²) in [7, 11) is 0. The highest BCUT2D eigenvalue weighted by atomic mass is 16.5. The van der Waals surface area contributed by atoms with E-state index < -0.39 is 11.9 Å². The van der Waals surface area contributed by atoms with Crippen LogP contribution in [0.25, 0.3) is 0 Å². The summed E-state index contributed by atoms with van der Waals surface area (Å²) < 4.78 is 9.80. The van der Waals surface area contributed by atoms with Crippen LogP contribution in [0.15, 0.2) is 24.3 Å². The second kappa shape index (κ2) is 11.9. The molecule has 2 atom stereocenters. The molecular formula is C20H30N2O6. The lowest BCUT2D eigenvalue weighted by Crippen LogP contribution is -2.59. The summed E-state index contributed by atoms with van der Waals surface area (Å²) >= 11 is 0. The molecule has 8 nitrogen and oxygen atoms in total. The first-order valence-corrected chi connectivity index (χ1v) is 9.60. The Bertz CT molecular complexity index is 574. The lowest BCUT2D eigenvalue weighted by Gasteiger charge is -2.43. The molecule has 8 heteroatoms. The van der Waals surface area contributed by atoms with Gasteiger partial charge in [-0.3, -0.25) is 9.59 Å². The van der Waals surface area contributed by atoms with Crippen molar-refractivity contribution in [1.82, 2.24) is 9.80 Å². The number of hydrogen-bond donors (Lipinski definition) is 0. The topological polar surface area (TPSA) is 93.2 Å². The summed E-state index contributed by atoms with van der Waals surface area (Å²) in [5.41, 5.74) is 0. The molecule has 156 valence electrons. The zero-order chi connectivity index (χ0) is 21.1. The van der Waals surface area contributed by atoms with Crippen LogP contribution in [0, 0.1) is 0 Å². The maximum atomic E-state index is 12.4. The van der Waals surface area contributed by atoms with Gasteiger partial charge in [-0.25, -0.2) is 9.59 Å². The molecule has 1 aliphatic heterocycles. The Morgan fingerprint density at radius 3 is 1.43 bits per heavy atom. The fourth-order valence-electron chi connectivity index (χ4n) is 2.71. The van der Waals surface area contributed by atoms with Crippen LogP contribution in [0.5, 0.6) is 0 Å². The van der Waals surface area contributed by atoms with E-state index in [9.17, 15) is 19.2 Å². The average Bonchev–Trinajstić information content (AvgIpc) is 2.68. The molecule has 1 saturated heterocycles. The maximum absolute atomic E-state index is 12.4. The molecule has 1 heterocycles. The van der Waals surface area contributed by atoms with Crippen LogP contribution in [0.1, 0.15) is 40.5 Å². The first kappa shape index (κ1) is 23.4. The molecule has 1 rings (SSSR count). The standard InChI is InChI=1S/C20H30N2O6/c1-5-11-27-19(25)9-7-17(23)21-13-16(4)22(14-15(21)3)18(24)8-10-20(26)28-12-6-2/h7-10,15-16H,5-6,11-14H2,1-4H3/b9-7+,10-8+. The second-order valence-corrected chi connectivity index (χ2v) is 6.68. The predicted molar refractivity (Wildman–Crippen MR) is 103 cm³/mol. The normalized spacial score (nSPS) is 19.9. The van der Waals surface area contributed by atoms with Gasteiger partial charge in [0.15, 0.2) is 0 Å². The van der Waals surface area contributed by atoms with Gasteiger partial charge in [-0.05, 0) is 26.7 Å². The second-order valence-electron chi connectivity index (χ2n) is 6.68. The van der Waals surface area contributed by atoms with E-state index in [1.165, 1.54) is 12.2 Å². The van der Waals surface area contributed by atoms with Gasteiger partial charge in [0, 0.05) is 49.5 Å². The molecule has 0 bridgehead atoms. The van der Waals surface area contributed by atoms with E-state index in [0.717, 1.165) is 12.2 Å². The molecule has 0 aromatic carbocycles. The van der Waals surface area contributed by atoms with Crippen molar-refractivity contribution in [3.05, 3.63) is 24.3 Å². The van der Waals surface area contributed by atoms with Crippen LogP contribution in [-0.4, -0.2) is 71.9 Å². The monoisotopic (exact) mass is 394 g/mol. The summed E-state index contributed by atoms with van der Waals surface area (Å²) in [5.74, 6) is -1.72. The van der Waals surface area contributed by atoms with E-state index in [2.05, 4.69) is 0 Å². The highest BCUT2D eigenvalue weighted by molar-refractivity contribution is 5.96. The molecule has 0 radical (unpaired) electrons. The number of rotatable bonds is 8. The molecule has 0 saturated carbocycles. The van der Waals surface area contributed by atoms with Gasteiger partial charge in [0.1, 0.15) is 0 Å². The van der Waals surface area contributed by atoms with Crippen molar-refractivity contribution in [3.8, 4) is 0 Å². The quantitative estimate of drug-likeness (QED) is 0.457. The number of nitrogens with zero attached hydrogens (tertiary/aromatic N) is 2. The van der Waals surface area contributed by atoms with Gasteiger partial charge in [-0.15, -0.1) is 0 Å². The minimum Gasteiger partial charge on any atom is -0.463 e. The highest BCUT2D eigenvalue weighted by Gasteiger charge is 2.33. The van der Waals surface area contributed by atoms with Crippen molar-refractivity contribution in [2.45, 2.75) is 52.6 Å². The Kier molecular flexibility index (Phi) is 9.98. The summed E-state index contributed by atoms with van der Waals surface area (Å²) in [4.78, 5) is 51.0. The Morgan fingerprint density at radius 2 is 1.11 bits per heavy atom. The number of carbonyl (C=O) groups excluding carboxylic acids is 4. The Morgan fingerprint density at radius 1 is 0.750 bits per heavy atom. The Hall–Kier alpha value is -2.64. The third kappa shape index (κ3) is 7.54. The lowest BCUT2D eigenvalue weighted by molar-refractivity contribution is -0.141. The van der Waals surface area contributed by atoms with Crippen LogP contribution in [0.2, 0.25) is 0 Å². The van der Waals surface area contributed by atoms with E-state index in [0.29, 0.717) is 39.1 Å². The molecule has 0 spiro atoms. The van der Waals surface area contributed by atoms with Gasteiger partial charge < -0.3 is 19.3 Å². The van der Waals surface area contributed by atoms with Crippen LogP contribution in [0.3, 0.4) is 0 Å².